The molecule has 61 heavy (non-hydrogen) atoms. The van der Waals surface area contributed by atoms with Crippen molar-refractivity contribution in [2.24, 2.45) is 0 Å². The first-order valence-electron chi connectivity index (χ1n) is 21.4. The van der Waals surface area contributed by atoms with Gasteiger partial charge in [-0.1, -0.05) is 188 Å². The van der Waals surface area contributed by atoms with Crippen LogP contribution in [-0.2, 0) is 0 Å². The summed E-state index contributed by atoms with van der Waals surface area (Å²) in [6, 6.07) is 75.5. The number of benzene rings is 9. The Morgan fingerprint density at radius 1 is 0.475 bits per heavy atom. The second-order valence-corrected chi connectivity index (χ2v) is 16.6. The Bertz CT molecular complexity index is 3250. The molecule has 1 aromatic heterocycles. The molecule has 3 heteroatoms. The van der Waals surface area contributed by atoms with Crippen molar-refractivity contribution < 1.29 is 0 Å². The highest BCUT2D eigenvalue weighted by Crippen LogP contribution is 2.43. The number of hydrogen-bond donors (Lipinski definition) is 2. The van der Waals surface area contributed by atoms with Crippen molar-refractivity contribution in [1.29, 1.82) is 0 Å². The minimum atomic E-state index is -0.109. The van der Waals surface area contributed by atoms with Gasteiger partial charge in [0.05, 0.1) is 17.1 Å². The Morgan fingerprint density at radius 2 is 1.08 bits per heavy atom. The topological polar surface area (TPSA) is 29.0 Å². The average Bonchev–Trinajstić information content (AvgIpc) is 3.70. The summed E-state index contributed by atoms with van der Waals surface area (Å²) in [6.45, 7) is 0. The molecule has 0 bridgehead atoms. The van der Waals surface area contributed by atoms with Gasteiger partial charge >= 0.3 is 0 Å². The van der Waals surface area contributed by atoms with Crippen LogP contribution >= 0.6 is 0 Å². The number of nitrogens with one attached hydrogen (secondary N) is 2. The lowest BCUT2D eigenvalue weighted by Crippen LogP contribution is -2.37. The number of allylic oxidation sites excluding steroid dienone is 4. The normalized spacial score (nSPS) is 17.5. The molecule has 3 unspecified atom stereocenters. The molecule has 1 aliphatic carbocycles. The van der Waals surface area contributed by atoms with Crippen molar-refractivity contribution in [3.63, 3.8) is 0 Å². The quantitative estimate of drug-likeness (QED) is 0.176. The zero-order valence-electron chi connectivity index (χ0n) is 33.7. The van der Waals surface area contributed by atoms with Crippen LogP contribution in [0.2, 0.25) is 0 Å². The molecule has 3 atom stereocenters. The number of para-hydroxylation sites is 1. The first kappa shape index (κ1) is 35.5. The molecule has 0 fully saturated rings. The Balaban J connectivity index is 0.911. The van der Waals surface area contributed by atoms with Crippen LogP contribution in [0.15, 0.2) is 218 Å². The van der Waals surface area contributed by atoms with E-state index in [-0.39, 0.29) is 18.1 Å². The van der Waals surface area contributed by atoms with Crippen molar-refractivity contribution in [2.75, 3.05) is 5.32 Å². The van der Waals surface area contributed by atoms with Gasteiger partial charge in [-0.15, -0.1) is 0 Å². The van der Waals surface area contributed by atoms with E-state index >= 15 is 0 Å². The lowest BCUT2D eigenvalue weighted by molar-refractivity contribution is 0.506. The summed E-state index contributed by atoms with van der Waals surface area (Å²) in [5.74, 6) is 0.269. The van der Waals surface area contributed by atoms with E-state index in [1.807, 2.05) is 0 Å². The van der Waals surface area contributed by atoms with Gasteiger partial charge in [-0.05, 0) is 103 Å². The van der Waals surface area contributed by atoms with Crippen molar-refractivity contribution in [3.05, 3.63) is 252 Å². The molecule has 290 valence electrons. The number of anilines is 1. The van der Waals surface area contributed by atoms with E-state index in [1.54, 1.807) is 0 Å². The van der Waals surface area contributed by atoms with E-state index in [0.717, 1.165) is 17.8 Å². The minimum absolute atomic E-state index is 0.00711. The third kappa shape index (κ3) is 6.17. The smallest absolute Gasteiger partial charge is 0.104 e. The maximum Gasteiger partial charge on any atom is 0.104 e. The van der Waals surface area contributed by atoms with Crippen LogP contribution < -0.4 is 10.6 Å². The predicted molar refractivity (Wildman–Crippen MR) is 256 cm³/mol. The zero-order chi connectivity index (χ0) is 40.3. The van der Waals surface area contributed by atoms with Gasteiger partial charge in [0.2, 0.25) is 0 Å². The van der Waals surface area contributed by atoms with Gasteiger partial charge in [0.15, 0.2) is 0 Å². The standard InChI is InChI=1S/C58H43N3/c1-3-14-38(15-4-1)45-34-46(39-16-5-2-6-17-39)36-47(35-45)40-26-28-43(29-27-40)57-51-24-11-12-25-52(51)59-58(60-57)44-20-13-21-48(37-44)61-53-32-30-41-18-7-9-22-49(41)55(53)56-50-23-10-8-19-42(50)31-33-54(56)61/h1-35,37,47,57-60H,36H2. The van der Waals surface area contributed by atoms with Crippen molar-refractivity contribution >= 4 is 60.2 Å². The largest absolute Gasteiger partial charge is 0.366 e. The molecule has 0 saturated carbocycles. The third-order valence-corrected chi connectivity index (χ3v) is 13.0. The average molecular weight is 782 g/mol. The lowest BCUT2D eigenvalue weighted by atomic mass is 9.81. The molecular weight excluding hydrogens is 739 g/mol. The van der Waals surface area contributed by atoms with Crippen molar-refractivity contribution in [3.8, 4) is 5.69 Å². The minimum Gasteiger partial charge on any atom is -0.366 e. The monoisotopic (exact) mass is 781 g/mol. The van der Waals surface area contributed by atoms with Crippen molar-refractivity contribution in [2.45, 2.75) is 24.5 Å². The fourth-order valence-corrected chi connectivity index (χ4v) is 10.1. The Labute approximate surface area is 355 Å². The molecule has 0 spiro atoms. The van der Waals surface area contributed by atoms with Crippen LogP contribution in [-0.4, -0.2) is 4.57 Å². The summed E-state index contributed by atoms with van der Waals surface area (Å²) in [7, 11) is 0. The molecule has 3 nitrogen and oxygen atoms in total. The van der Waals surface area contributed by atoms with Gasteiger partial charge in [0.25, 0.3) is 0 Å². The summed E-state index contributed by atoms with van der Waals surface area (Å²) in [4.78, 5) is 0. The van der Waals surface area contributed by atoms with Gasteiger partial charge in [-0.2, -0.15) is 0 Å². The number of rotatable bonds is 6. The van der Waals surface area contributed by atoms with E-state index in [0.29, 0.717) is 0 Å². The van der Waals surface area contributed by atoms with Crippen LogP contribution in [0.5, 0.6) is 0 Å². The van der Waals surface area contributed by atoms with Gasteiger partial charge in [-0.25, -0.2) is 0 Å². The first-order valence-corrected chi connectivity index (χ1v) is 21.4. The van der Waals surface area contributed by atoms with Crippen LogP contribution in [0, 0.1) is 0 Å². The maximum absolute atomic E-state index is 4.05. The molecular formula is C58H43N3. The lowest BCUT2D eigenvalue weighted by Gasteiger charge is -2.35. The molecule has 2 aliphatic rings. The summed E-state index contributed by atoms with van der Waals surface area (Å²) < 4.78 is 2.46. The van der Waals surface area contributed by atoms with Crippen LogP contribution in [0.25, 0.3) is 60.2 Å². The van der Waals surface area contributed by atoms with E-state index in [9.17, 15) is 0 Å². The van der Waals surface area contributed by atoms with E-state index < -0.39 is 0 Å². The summed E-state index contributed by atoms with van der Waals surface area (Å²) in [6.07, 6.45) is 5.69. The highest BCUT2D eigenvalue weighted by atomic mass is 15.2. The molecule has 0 amide bonds. The molecule has 0 saturated heterocycles. The third-order valence-electron chi connectivity index (χ3n) is 13.0. The highest BCUT2D eigenvalue weighted by Gasteiger charge is 2.29. The molecule has 10 aromatic rings. The first-order chi connectivity index (χ1) is 30.2. The fraction of sp³-hybridized carbons (Fsp3) is 0.0690. The van der Waals surface area contributed by atoms with Gasteiger partial charge in [0, 0.05) is 28.1 Å². The number of hydrogen-bond acceptors (Lipinski definition) is 2. The van der Waals surface area contributed by atoms with Crippen LogP contribution in [0.1, 0.15) is 57.9 Å². The molecule has 2 N–H and O–H groups in total. The number of fused-ring (bicyclic) bond motifs is 8. The van der Waals surface area contributed by atoms with Crippen molar-refractivity contribution in [1.82, 2.24) is 9.88 Å². The Kier molecular flexibility index (Phi) is 8.53. The summed E-state index contributed by atoms with van der Waals surface area (Å²) in [5, 5.41) is 15.6. The summed E-state index contributed by atoms with van der Waals surface area (Å²) in [5.41, 5.74) is 14.9. The predicted octanol–water partition coefficient (Wildman–Crippen LogP) is 14.5. The van der Waals surface area contributed by atoms with Gasteiger partial charge in [0.1, 0.15) is 6.17 Å². The van der Waals surface area contributed by atoms with Gasteiger partial charge < -0.3 is 9.88 Å². The number of aromatic nitrogens is 1. The van der Waals surface area contributed by atoms with Gasteiger partial charge in [-0.3, -0.25) is 5.32 Å². The Morgan fingerprint density at radius 3 is 1.79 bits per heavy atom. The van der Waals surface area contributed by atoms with E-state index in [1.165, 1.54) is 87.9 Å². The second-order valence-electron chi connectivity index (χ2n) is 16.6. The molecule has 9 aromatic carbocycles. The molecule has 0 radical (unpaired) electrons. The maximum atomic E-state index is 4.05. The highest BCUT2D eigenvalue weighted by molar-refractivity contribution is 6.28. The Hall–Kier alpha value is -7.46. The molecule has 1 aliphatic heterocycles. The SMILES string of the molecule is C1=C(c2ccccc2)C=C(c2ccccc2)CC1c1ccc(C2NC(c3cccc(-n4c5ccc6ccccc6c5c5c6ccccc6ccc54)c3)Nc3ccccc32)cc1. The van der Waals surface area contributed by atoms with Crippen LogP contribution in [0.4, 0.5) is 5.69 Å². The van der Waals surface area contributed by atoms with E-state index in [2.05, 4.69) is 234 Å². The number of nitrogens with zero attached hydrogens (tertiary/aromatic N) is 1. The van der Waals surface area contributed by atoms with Crippen LogP contribution in [0.3, 0.4) is 0 Å². The summed E-state index contributed by atoms with van der Waals surface area (Å²) >= 11 is 0. The second kappa shape index (κ2) is 14.7. The molecule has 2 heterocycles. The fourth-order valence-electron chi connectivity index (χ4n) is 10.1. The van der Waals surface area contributed by atoms with E-state index in [4.69, 9.17) is 0 Å². The molecule has 12 rings (SSSR count). The zero-order valence-corrected chi connectivity index (χ0v) is 33.7.